The first-order chi connectivity index (χ1) is 7.51. The third kappa shape index (κ3) is 2.17. The maximum Gasteiger partial charge on any atom is 0.336 e. The first kappa shape index (κ1) is 12.1. The molecule has 0 saturated heterocycles. The summed E-state index contributed by atoms with van der Waals surface area (Å²) in [6.45, 7) is 0. The number of carboxylic acid groups (broad SMARTS) is 1. The van der Waals surface area contributed by atoms with E-state index < -0.39 is 16.6 Å². The molecule has 1 rings (SSSR count). The second kappa shape index (κ2) is 4.72. The molecule has 0 bridgehead atoms. The van der Waals surface area contributed by atoms with Crippen molar-refractivity contribution in [2.45, 2.75) is 5.33 Å². The monoisotopic (exact) mass is 284 g/mol. The molecular formula is C9H5BrN2O4. The maximum absolute atomic E-state index is 10.9. The van der Waals surface area contributed by atoms with E-state index in [-0.39, 0.29) is 22.0 Å². The molecule has 0 saturated carbocycles. The van der Waals surface area contributed by atoms with Gasteiger partial charge in [0.1, 0.15) is 0 Å². The van der Waals surface area contributed by atoms with Crippen molar-refractivity contribution in [1.29, 1.82) is 5.26 Å². The quantitative estimate of drug-likeness (QED) is 0.520. The van der Waals surface area contributed by atoms with Gasteiger partial charge in [0.15, 0.2) is 0 Å². The summed E-state index contributed by atoms with van der Waals surface area (Å²) in [5.41, 5.74) is -0.412. The fourth-order valence-electron chi connectivity index (χ4n) is 1.20. The second-order valence-corrected chi connectivity index (χ2v) is 3.39. The van der Waals surface area contributed by atoms with Crippen molar-refractivity contribution in [2.75, 3.05) is 0 Å². The number of rotatable bonds is 3. The van der Waals surface area contributed by atoms with Crippen molar-refractivity contribution in [1.82, 2.24) is 0 Å². The molecule has 6 nitrogen and oxygen atoms in total. The summed E-state index contributed by atoms with van der Waals surface area (Å²) in [4.78, 5) is 20.7. The molecule has 0 aromatic heterocycles. The van der Waals surface area contributed by atoms with Gasteiger partial charge in [0.05, 0.1) is 22.1 Å². The van der Waals surface area contributed by atoms with Gasteiger partial charge in [-0.15, -0.1) is 0 Å². The smallest absolute Gasteiger partial charge is 0.336 e. The van der Waals surface area contributed by atoms with E-state index in [1.165, 1.54) is 0 Å². The van der Waals surface area contributed by atoms with Gasteiger partial charge in [-0.2, -0.15) is 5.26 Å². The average Bonchev–Trinajstić information content (AvgIpc) is 2.26. The lowest BCUT2D eigenvalue weighted by Gasteiger charge is -2.04. The minimum Gasteiger partial charge on any atom is -0.478 e. The van der Waals surface area contributed by atoms with Crippen LogP contribution in [0.5, 0.6) is 0 Å². The highest BCUT2D eigenvalue weighted by Crippen LogP contribution is 2.24. The number of benzene rings is 1. The Labute approximate surface area is 98.4 Å². The van der Waals surface area contributed by atoms with Crippen molar-refractivity contribution in [2.24, 2.45) is 0 Å². The number of aromatic carboxylic acids is 1. The Hall–Kier alpha value is -1.94. The van der Waals surface area contributed by atoms with Gasteiger partial charge in [0.2, 0.25) is 0 Å². The Balaban J connectivity index is 3.57. The van der Waals surface area contributed by atoms with E-state index in [1.807, 2.05) is 0 Å². The number of alkyl halides is 1. The van der Waals surface area contributed by atoms with Crippen molar-refractivity contribution < 1.29 is 14.8 Å². The average molecular weight is 285 g/mol. The molecule has 7 heteroatoms. The Morgan fingerprint density at radius 1 is 1.62 bits per heavy atom. The van der Waals surface area contributed by atoms with Gasteiger partial charge in [0.25, 0.3) is 5.69 Å². The lowest BCUT2D eigenvalue weighted by Crippen LogP contribution is -2.05. The van der Waals surface area contributed by atoms with Crippen LogP contribution in [0.2, 0.25) is 0 Å². The fourth-order valence-corrected chi connectivity index (χ4v) is 1.80. The highest BCUT2D eigenvalue weighted by molar-refractivity contribution is 9.08. The van der Waals surface area contributed by atoms with Crippen molar-refractivity contribution in [3.63, 3.8) is 0 Å². The molecule has 16 heavy (non-hydrogen) atoms. The molecule has 0 aliphatic carbocycles. The Bertz CT molecular complexity index is 507. The summed E-state index contributed by atoms with van der Waals surface area (Å²) < 4.78 is 0. The zero-order valence-electron chi connectivity index (χ0n) is 7.81. The van der Waals surface area contributed by atoms with E-state index >= 15 is 0 Å². The zero-order valence-corrected chi connectivity index (χ0v) is 9.39. The minimum absolute atomic E-state index is 0.0107. The van der Waals surface area contributed by atoms with E-state index in [2.05, 4.69) is 15.9 Å². The largest absolute Gasteiger partial charge is 0.478 e. The third-order valence-corrected chi connectivity index (χ3v) is 2.49. The molecular weight excluding hydrogens is 280 g/mol. The van der Waals surface area contributed by atoms with Crippen LogP contribution in [0.4, 0.5) is 5.69 Å². The zero-order chi connectivity index (χ0) is 12.3. The molecule has 1 N–H and O–H groups in total. The lowest BCUT2D eigenvalue weighted by atomic mass is 10.0. The lowest BCUT2D eigenvalue weighted by molar-refractivity contribution is -0.384. The normalized spacial score (nSPS) is 9.50. The van der Waals surface area contributed by atoms with Crippen molar-refractivity contribution >= 4 is 27.6 Å². The van der Waals surface area contributed by atoms with Gasteiger partial charge in [-0.05, 0) is 5.56 Å². The van der Waals surface area contributed by atoms with E-state index in [1.54, 1.807) is 6.07 Å². The number of nitrogens with zero attached hydrogens (tertiary/aromatic N) is 2. The summed E-state index contributed by atoms with van der Waals surface area (Å²) in [6, 6.07) is 3.74. The van der Waals surface area contributed by atoms with E-state index in [4.69, 9.17) is 10.4 Å². The van der Waals surface area contributed by atoms with Gasteiger partial charge >= 0.3 is 5.97 Å². The number of nitro groups is 1. The SMILES string of the molecule is N#Cc1cc([N+](=O)[O-])cc(C(=O)O)c1CBr. The first-order valence-electron chi connectivity index (χ1n) is 4.02. The number of nitriles is 1. The second-order valence-electron chi connectivity index (χ2n) is 2.83. The molecule has 1 aromatic carbocycles. The summed E-state index contributed by atoms with van der Waals surface area (Å²) in [5.74, 6) is -1.30. The number of carbonyl (C=O) groups is 1. The van der Waals surface area contributed by atoms with Crippen LogP contribution in [0, 0.1) is 21.4 Å². The van der Waals surface area contributed by atoms with Gasteiger partial charge < -0.3 is 5.11 Å². The Morgan fingerprint density at radius 2 is 2.25 bits per heavy atom. The predicted molar refractivity (Wildman–Crippen MR) is 57.4 cm³/mol. The number of non-ortho nitro benzene ring substituents is 1. The molecule has 0 heterocycles. The molecule has 0 unspecified atom stereocenters. The third-order valence-electron chi connectivity index (χ3n) is 1.93. The number of nitro benzene ring substituents is 1. The standard InChI is InChI=1S/C9H5BrN2O4/c10-3-8-5(4-11)1-6(12(15)16)2-7(8)9(13)14/h1-2H,3H2,(H,13,14). The van der Waals surface area contributed by atoms with Crippen LogP contribution in [-0.4, -0.2) is 16.0 Å². The van der Waals surface area contributed by atoms with Crippen molar-refractivity contribution in [3.05, 3.63) is 38.9 Å². The van der Waals surface area contributed by atoms with Crippen LogP contribution < -0.4 is 0 Å². The summed E-state index contributed by atoms with van der Waals surface area (Å²) >= 11 is 3.05. The molecule has 1 aromatic rings. The molecule has 0 aliphatic heterocycles. The van der Waals surface area contributed by atoms with Crippen LogP contribution in [0.15, 0.2) is 12.1 Å². The predicted octanol–water partition coefficient (Wildman–Crippen LogP) is 2.06. The summed E-state index contributed by atoms with van der Waals surface area (Å²) in [5, 5.41) is 28.3. The topological polar surface area (TPSA) is 104 Å². The Kier molecular flexibility index (Phi) is 3.58. The fraction of sp³-hybridized carbons (Fsp3) is 0.111. The Morgan fingerprint density at radius 3 is 2.62 bits per heavy atom. The first-order valence-corrected chi connectivity index (χ1v) is 5.14. The molecule has 0 amide bonds. The number of hydrogen-bond acceptors (Lipinski definition) is 4. The van der Waals surface area contributed by atoms with E-state index in [0.717, 1.165) is 12.1 Å². The highest BCUT2D eigenvalue weighted by atomic mass is 79.9. The molecule has 82 valence electrons. The molecule has 0 spiro atoms. The van der Waals surface area contributed by atoms with Crippen LogP contribution in [-0.2, 0) is 5.33 Å². The van der Waals surface area contributed by atoms with Crippen LogP contribution in [0.3, 0.4) is 0 Å². The number of carboxylic acids is 1. The van der Waals surface area contributed by atoms with Gasteiger partial charge in [-0.3, -0.25) is 10.1 Å². The van der Waals surface area contributed by atoms with Gasteiger partial charge in [0, 0.05) is 17.5 Å². The van der Waals surface area contributed by atoms with Crippen molar-refractivity contribution in [3.8, 4) is 6.07 Å². The highest BCUT2D eigenvalue weighted by Gasteiger charge is 2.19. The van der Waals surface area contributed by atoms with Crippen LogP contribution >= 0.6 is 15.9 Å². The molecule has 0 aliphatic rings. The number of halogens is 1. The molecule has 0 atom stereocenters. The van der Waals surface area contributed by atoms with Crippen LogP contribution in [0.25, 0.3) is 0 Å². The maximum atomic E-state index is 10.9. The summed E-state index contributed by atoms with van der Waals surface area (Å²) in [6.07, 6.45) is 0. The number of hydrogen-bond donors (Lipinski definition) is 1. The summed E-state index contributed by atoms with van der Waals surface area (Å²) in [7, 11) is 0. The van der Waals surface area contributed by atoms with Crippen LogP contribution in [0.1, 0.15) is 21.5 Å². The molecule has 0 radical (unpaired) electrons. The molecule has 0 fully saturated rings. The van der Waals surface area contributed by atoms with Gasteiger partial charge in [-0.1, -0.05) is 15.9 Å². The van der Waals surface area contributed by atoms with Gasteiger partial charge in [-0.25, -0.2) is 4.79 Å². The van der Waals surface area contributed by atoms with E-state index in [0.29, 0.717) is 0 Å². The van der Waals surface area contributed by atoms with E-state index in [9.17, 15) is 14.9 Å². The minimum atomic E-state index is -1.30.